The fraction of sp³-hybridized carbons (Fsp3) is 0.250. The van der Waals surface area contributed by atoms with E-state index in [0.717, 1.165) is 17.0 Å². The number of benzene rings is 1. The molecule has 0 aliphatic heterocycles. The lowest BCUT2D eigenvalue weighted by molar-refractivity contribution is -0.115. The van der Waals surface area contributed by atoms with Crippen LogP contribution in [0, 0.1) is 6.92 Å². The number of methoxy groups -OCH3 is 1. The van der Waals surface area contributed by atoms with Gasteiger partial charge in [-0.2, -0.15) is 0 Å². The van der Waals surface area contributed by atoms with E-state index in [2.05, 4.69) is 15.6 Å². The molecule has 0 bridgehead atoms. The average Bonchev–Trinajstić information content (AvgIpc) is 2.49. The molecular formula is C16H19N3O2. The number of rotatable bonds is 5. The Morgan fingerprint density at radius 2 is 2.10 bits per heavy atom. The highest BCUT2D eigenvalue weighted by Crippen LogP contribution is 2.28. The zero-order chi connectivity index (χ0) is 15.2. The van der Waals surface area contributed by atoms with Gasteiger partial charge < -0.3 is 15.4 Å². The van der Waals surface area contributed by atoms with Crippen molar-refractivity contribution < 1.29 is 9.53 Å². The van der Waals surface area contributed by atoms with Crippen molar-refractivity contribution in [3.8, 4) is 5.75 Å². The van der Waals surface area contributed by atoms with Crippen molar-refractivity contribution >= 4 is 23.1 Å². The molecule has 5 nitrogen and oxygen atoms in total. The number of nitrogens with zero attached hydrogens (tertiary/aromatic N) is 1. The van der Waals surface area contributed by atoms with Gasteiger partial charge in [-0.1, -0.05) is 13.0 Å². The monoisotopic (exact) mass is 285 g/mol. The van der Waals surface area contributed by atoms with Gasteiger partial charge in [-0.3, -0.25) is 4.79 Å². The van der Waals surface area contributed by atoms with E-state index in [4.69, 9.17) is 4.74 Å². The summed E-state index contributed by atoms with van der Waals surface area (Å²) in [6.45, 7) is 3.82. The van der Waals surface area contributed by atoms with Gasteiger partial charge in [0.2, 0.25) is 5.91 Å². The van der Waals surface area contributed by atoms with Crippen LogP contribution < -0.4 is 15.4 Å². The summed E-state index contributed by atoms with van der Waals surface area (Å²) in [7, 11) is 1.63. The lowest BCUT2D eigenvalue weighted by Gasteiger charge is -2.12. The van der Waals surface area contributed by atoms with Crippen molar-refractivity contribution in [1.29, 1.82) is 0 Å². The first kappa shape index (κ1) is 14.8. The lowest BCUT2D eigenvalue weighted by atomic mass is 10.2. The average molecular weight is 285 g/mol. The molecule has 0 fully saturated rings. The molecule has 0 radical (unpaired) electrons. The summed E-state index contributed by atoms with van der Waals surface area (Å²) in [6.07, 6.45) is 2.07. The number of nitrogens with one attached hydrogen (secondary N) is 2. The molecule has 0 unspecified atom stereocenters. The second kappa shape index (κ2) is 6.74. The van der Waals surface area contributed by atoms with Gasteiger partial charge in [0.05, 0.1) is 24.7 Å². The molecule has 21 heavy (non-hydrogen) atoms. The number of carbonyl (C=O) groups is 1. The Hall–Kier alpha value is -2.56. The summed E-state index contributed by atoms with van der Waals surface area (Å²) < 4.78 is 5.32. The second-order valence-electron chi connectivity index (χ2n) is 4.66. The number of aryl methyl sites for hydroxylation is 1. The molecule has 1 aromatic carbocycles. The molecule has 2 aromatic rings. The fourth-order valence-corrected chi connectivity index (χ4v) is 1.85. The smallest absolute Gasteiger partial charge is 0.224 e. The molecule has 0 atom stereocenters. The third kappa shape index (κ3) is 3.95. The Balaban J connectivity index is 2.13. The third-order valence-electron chi connectivity index (χ3n) is 2.99. The van der Waals surface area contributed by atoms with E-state index >= 15 is 0 Å². The molecule has 1 amide bonds. The van der Waals surface area contributed by atoms with Crippen LogP contribution in [0.15, 0.2) is 36.5 Å². The Bertz CT molecular complexity index is 624. The van der Waals surface area contributed by atoms with Crippen molar-refractivity contribution in [2.45, 2.75) is 20.3 Å². The van der Waals surface area contributed by atoms with Crippen LogP contribution in [0.25, 0.3) is 0 Å². The van der Waals surface area contributed by atoms with Crippen LogP contribution in [0.1, 0.15) is 18.9 Å². The minimum absolute atomic E-state index is 0.0298. The van der Waals surface area contributed by atoms with Crippen molar-refractivity contribution in [3.63, 3.8) is 0 Å². The van der Waals surface area contributed by atoms with Crippen molar-refractivity contribution in [1.82, 2.24) is 4.98 Å². The molecule has 0 aliphatic rings. The molecule has 0 spiro atoms. The van der Waals surface area contributed by atoms with E-state index in [-0.39, 0.29) is 5.91 Å². The molecule has 5 heteroatoms. The van der Waals surface area contributed by atoms with E-state index in [1.807, 2.05) is 44.2 Å². The number of ether oxygens (including phenoxy) is 1. The van der Waals surface area contributed by atoms with Crippen LogP contribution in [0.3, 0.4) is 0 Å². The van der Waals surface area contributed by atoms with Gasteiger partial charge in [-0.25, -0.2) is 4.98 Å². The first-order valence-corrected chi connectivity index (χ1v) is 6.80. The summed E-state index contributed by atoms with van der Waals surface area (Å²) >= 11 is 0. The van der Waals surface area contributed by atoms with E-state index in [1.165, 1.54) is 0 Å². The molecule has 2 N–H and O–H groups in total. The number of carbonyl (C=O) groups excluding carboxylic acids is 1. The Labute approximate surface area is 124 Å². The number of aromatic nitrogens is 1. The van der Waals surface area contributed by atoms with Crippen molar-refractivity contribution in [2.24, 2.45) is 0 Å². The van der Waals surface area contributed by atoms with Gasteiger partial charge in [0.25, 0.3) is 0 Å². The first-order valence-electron chi connectivity index (χ1n) is 6.80. The maximum Gasteiger partial charge on any atom is 0.224 e. The zero-order valence-corrected chi connectivity index (χ0v) is 12.4. The normalized spacial score (nSPS) is 10.0. The summed E-state index contributed by atoms with van der Waals surface area (Å²) in [6, 6.07) is 9.51. The predicted molar refractivity (Wildman–Crippen MR) is 84.2 cm³/mol. The van der Waals surface area contributed by atoms with Crippen LogP contribution in [-0.2, 0) is 4.79 Å². The predicted octanol–water partition coefficient (Wildman–Crippen LogP) is 3.49. The number of hydrogen-bond acceptors (Lipinski definition) is 4. The Morgan fingerprint density at radius 1 is 1.29 bits per heavy atom. The van der Waals surface area contributed by atoms with Gasteiger partial charge >= 0.3 is 0 Å². The minimum Gasteiger partial charge on any atom is -0.495 e. The molecule has 110 valence electrons. The van der Waals surface area contributed by atoms with Gasteiger partial charge in [-0.05, 0) is 36.8 Å². The van der Waals surface area contributed by atoms with Gasteiger partial charge in [0.1, 0.15) is 11.6 Å². The van der Waals surface area contributed by atoms with E-state index in [1.54, 1.807) is 13.3 Å². The quantitative estimate of drug-likeness (QED) is 0.882. The Kier molecular flexibility index (Phi) is 4.77. The molecule has 0 aliphatic carbocycles. The molecule has 1 aromatic heterocycles. The van der Waals surface area contributed by atoms with Crippen molar-refractivity contribution in [3.05, 3.63) is 42.1 Å². The number of amides is 1. The highest BCUT2D eigenvalue weighted by molar-refractivity contribution is 5.90. The van der Waals surface area contributed by atoms with Crippen LogP contribution in [0.2, 0.25) is 0 Å². The number of pyridine rings is 1. The molecule has 1 heterocycles. The van der Waals surface area contributed by atoms with Crippen LogP contribution in [0.5, 0.6) is 5.75 Å². The highest BCUT2D eigenvalue weighted by atomic mass is 16.5. The fourth-order valence-electron chi connectivity index (χ4n) is 1.85. The largest absolute Gasteiger partial charge is 0.495 e. The summed E-state index contributed by atoms with van der Waals surface area (Å²) in [4.78, 5) is 15.6. The first-order chi connectivity index (χ1) is 10.1. The summed E-state index contributed by atoms with van der Waals surface area (Å²) in [5, 5.41) is 5.97. The number of hydrogen-bond donors (Lipinski definition) is 2. The van der Waals surface area contributed by atoms with Gasteiger partial charge in [0, 0.05) is 6.42 Å². The topological polar surface area (TPSA) is 63.2 Å². The Morgan fingerprint density at radius 3 is 2.71 bits per heavy atom. The molecule has 0 saturated heterocycles. The molecular weight excluding hydrogens is 266 g/mol. The summed E-state index contributed by atoms with van der Waals surface area (Å²) in [5.41, 5.74) is 2.67. The highest BCUT2D eigenvalue weighted by Gasteiger charge is 2.05. The molecule has 2 rings (SSSR count). The van der Waals surface area contributed by atoms with Gasteiger partial charge in [0.15, 0.2) is 0 Å². The van der Waals surface area contributed by atoms with E-state index in [9.17, 15) is 4.79 Å². The van der Waals surface area contributed by atoms with Crippen LogP contribution >= 0.6 is 0 Å². The second-order valence-corrected chi connectivity index (χ2v) is 4.66. The SMILES string of the molecule is CCC(=O)Nc1ccc(Nc2cc(C)ccc2OC)nc1. The van der Waals surface area contributed by atoms with E-state index < -0.39 is 0 Å². The molecule has 0 saturated carbocycles. The standard InChI is InChI=1S/C16H19N3O2/c1-4-16(20)18-12-6-8-15(17-10-12)19-13-9-11(2)5-7-14(13)21-3/h5-10H,4H2,1-3H3,(H,17,19)(H,18,20). The van der Waals surface area contributed by atoms with Crippen molar-refractivity contribution in [2.75, 3.05) is 17.7 Å². The third-order valence-corrected chi connectivity index (χ3v) is 2.99. The van der Waals surface area contributed by atoms with Crippen LogP contribution in [-0.4, -0.2) is 18.0 Å². The van der Waals surface area contributed by atoms with Crippen LogP contribution in [0.4, 0.5) is 17.2 Å². The minimum atomic E-state index is -0.0298. The zero-order valence-electron chi connectivity index (χ0n) is 12.4. The van der Waals surface area contributed by atoms with E-state index in [0.29, 0.717) is 17.9 Å². The number of anilines is 3. The van der Waals surface area contributed by atoms with Gasteiger partial charge in [-0.15, -0.1) is 0 Å². The maximum absolute atomic E-state index is 11.3. The maximum atomic E-state index is 11.3. The lowest BCUT2D eigenvalue weighted by Crippen LogP contribution is -2.09. The summed E-state index contributed by atoms with van der Waals surface area (Å²) in [5.74, 6) is 1.41.